The van der Waals surface area contributed by atoms with Gasteiger partial charge in [-0.05, 0) is 38.0 Å². The topological polar surface area (TPSA) is 21.3 Å². The molecule has 2 rings (SSSR count). The number of rotatable bonds is 6. The fourth-order valence-corrected chi connectivity index (χ4v) is 3.43. The van der Waals surface area contributed by atoms with E-state index in [1.807, 2.05) is 17.4 Å². The third-order valence-corrected chi connectivity index (χ3v) is 4.66. The minimum atomic E-state index is -0.168. The predicted octanol–water partition coefficient (Wildman–Crippen LogP) is 4.02. The third kappa shape index (κ3) is 3.48. The van der Waals surface area contributed by atoms with Crippen LogP contribution >= 0.6 is 11.3 Å². The first kappa shape index (κ1) is 15.2. The summed E-state index contributed by atoms with van der Waals surface area (Å²) in [5, 5.41) is 3.67. The van der Waals surface area contributed by atoms with Crippen LogP contribution in [-0.2, 0) is 16.8 Å². The SMILES string of the molecule is COC[C@@](C)(NCc1cc(C)sc1C)c1ccccc1. The third-order valence-electron chi connectivity index (χ3n) is 3.66. The van der Waals surface area contributed by atoms with Crippen molar-refractivity contribution >= 4 is 11.3 Å². The number of benzene rings is 1. The van der Waals surface area contributed by atoms with Gasteiger partial charge in [-0.2, -0.15) is 0 Å². The molecule has 0 unspecified atom stereocenters. The highest BCUT2D eigenvalue weighted by molar-refractivity contribution is 7.12. The van der Waals surface area contributed by atoms with Crippen molar-refractivity contribution in [1.82, 2.24) is 5.32 Å². The molecular formula is C17H23NOS. The molecule has 2 nitrogen and oxygen atoms in total. The van der Waals surface area contributed by atoms with E-state index in [0.717, 1.165) is 6.54 Å². The van der Waals surface area contributed by atoms with E-state index in [-0.39, 0.29) is 5.54 Å². The van der Waals surface area contributed by atoms with Crippen LogP contribution in [0.3, 0.4) is 0 Å². The molecular weight excluding hydrogens is 266 g/mol. The van der Waals surface area contributed by atoms with E-state index < -0.39 is 0 Å². The van der Waals surface area contributed by atoms with Gasteiger partial charge in [-0.3, -0.25) is 0 Å². The van der Waals surface area contributed by atoms with E-state index in [2.05, 4.69) is 56.4 Å². The van der Waals surface area contributed by atoms with Crippen LogP contribution in [0.15, 0.2) is 36.4 Å². The highest BCUT2D eigenvalue weighted by atomic mass is 32.1. The summed E-state index contributed by atoms with van der Waals surface area (Å²) in [6, 6.07) is 12.8. The lowest BCUT2D eigenvalue weighted by atomic mass is 9.92. The van der Waals surface area contributed by atoms with Crippen molar-refractivity contribution in [3.8, 4) is 0 Å². The predicted molar refractivity (Wildman–Crippen MR) is 86.3 cm³/mol. The van der Waals surface area contributed by atoms with Gasteiger partial charge in [0.2, 0.25) is 0 Å². The van der Waals surface area contributed by atoms with Crippen LogP contribution in [0.1, 0.15) is 27.8 Å². The van der Waals surface area contributed by atoms with Crippen LogP contribution in [0.25, 0.3) is 0 Å². The van der Waals surface area contributed by atoms with Crippen molar-refractivity contribution in [2.24, 2.45) is 0 Å². The second-order valence-corrected chi connectivity index (χ2v) is 6.88. The fourth-order valence-electron chi connectivity index (χ4n) is 2.48. The Bertz CT molecular complexity index is 549. The first-order valence-electron chi connectivity index (χ1n) is 6.90. The molecule has 1 N–H and O–H groups in total. The smallest absolute Gasteiger partial charge is 0.0683 e. The zero-order valence-corrected chi connectivity index (χ0v) is 13.5. The minimum Gasteiger partial charge on any atom is -0.382 e. The van der Waals surface area contributed by atoms with Gasteiger partial charge in [-0.1, -0.05) is 30.3 Å². The number of aryl methyl sites for hydroxylation is 2. The summed E-state index contributed by atoms with van der Waals surface area (Å²) in [6.45, 7) is 8.06. The molecule has 0 bridgehead atoms. The molecule has 0 aliphatic rings. The number of thiophene rings is 1. The summed E-state index contributed by atoms with van der Waals surface area (Å²) in [5.41, 5.74) is 2.47. The molecule has 108 valence electrons. The van der Waals surface area contributed by atoms with E-state index in [0.29, 0.717) is 6.61 Å². The van der Waals surface area contributed by atoms with Crippen molar-refractivity contribution in [2.75, 3.05) is 13.7 Å². The maximum atomic E-state index is 5.43. The largest absolute Gasteiger partial charge is 0.382 e. The summed E-state index contributed by atoms with van der Waals surface area (Å²) in [7, 11) is 1.75. The molecule has 0 radical (unpaired) electrons. The van der Waals surface area contributed by atoms with Gasteiger partial charge < -0.3 is 10.1 Å². The van der Waals surface area contributed by atoms with Gasteiger partial charge >= 0.3 is 0 Å². The van der Waals surface area contributed by atoms with E-state index in [4.69, 9.17) is 4.74 Å². The molecule has 0 fully saturated rings. The highest BCUT2D eigenvalue weighted by Gasteiger charge is 2.26. The maximum Gasteiger partial charge on any atom is 0.0683 e. The van der Waals surface area contributed by atoms with Crippen molar-refractivity contribution in [3.63, 3.8) is 0 Å². The Morgan fingerprint density at radius 3 is 2.45 bits per heavy atom. The van der Waals surface area contributed by atoms with Crippen LogP contribution in [0, 0.1) is 13.8 Å². The number of methoxy groups -OCH3 is 1. The Morgan fingerprint density at radius 1 is 1.20 bits per heavy atom. The summed E-state index contributed by atoms with van der Waals surface area (Å²) >= 11 is 1.86. The van der Waals surface area contributed by atoms with Crippen LogP contribution in [-0.4, -0.2) is 13.7 Å². The highest BCUT2D eigenvalue weighted by Crippen LogP contribution is 2.24. The van der Waals surface area contributed by atoms with Crippen LogP contribution in [0.5, 0.6) is 0 Å². The van der Waals surface area contributed by atoms with Crippen molar-refractivity contribution < 1.29 is 4.74 Å². The van der Waals surface area contributed by atoms with Crippen molar-refractivity contribution in [2.45, 2.75) is 32.9 Å². The van der Waals surface area contributed by atoms with E-state index >= 15 is 0 Å². The molecule has 0 saturated carbocycles. The van der Waals surface area contributed by atoms with E-state index in [1.54, 1.807) is 7.11 Å². The molecule has 1 atom stereocenters. The summed E-state index contributed by atoms with van der Waals surface area (Å²) in [5.74, 6) is 0. The normalized spacial score (nSPS) is 14.2. The van der Waals surface area contributed by atoms with E-state index in [1.165, 1.54) is 20.9 Å². The molecule has 3 heteroatoms. The second-order valence-electron chi connectivity index (χ2n) is 5.42. The van der Waals surface area contributed by atoms with Gasteiger partial charge in [0.05, 0.1) is 12.1 Å². The lowest BCUT2D eigenvalue weighted by Gasteiger charge is -2.31. The molecule has 0 spiro atoms. The average molecular weight is 289 g/mol. The fraction of sp³-hybridized carbons (Fsp3) is 0.412. The second kappa shape index (κ2) is 6.53. The zero-order chi connectivity index (χ0) is 14.6. The quantitative estimate of drug-likeness (QED) is 0.867. The average Bonchev–Trinajstić information content (AvgIpc) is 2.76. The summed E-state index contributed by atoms with van der Waals surface area (Å²) in [4.78, 5) is 2.76. The Morgan fingerprint density at radius 2 is 1.90 bits per heavy atom. The Labute approximate surface area is 125 Å². The lowest BCUT2D eigenvalue weighted by molar-refractivity contribution is 0.117. The molecule has 2 aromatic rings. The van der Waals surface area contributed by atoms with Gasteiger partial charge in [0, 0.05) is 23.4 Å². The molecule has 0 amide bonds. The molecule has 1 heterocycles. The van der Waals surface area contributed by atoms with Crippen LogP contribution in [0.2, 0.25) is 0 Å². The van der Waals surface area contributed by atoms with Gasteiger partial charge in [-0.25, -0.2) is 0 Å². The molecule has 0 aliphatic carbocycles. The number of ether oxygens (including phenoxy) is 1. The Balaban J connectivity index is 2.15. The first-order valence-corrected chi connectivity index (χ1v) is 7.72. The summed E-state index contributed by atoms with van der Waals surface area (Å²) < 4.78 is 5.43. The zero-order valence-electron chi connectivity index (χ0n) is 12.7. The van der Waals surface area contributed by atoms with E-state index in [9.17, 15) is 0 Å². The van der Waals surface area contributed by atoms with Gasteiger partial charge in [0.15, 0.2) is 0 Å². The van der Waals surface area contributed by atoms with Gasteiger partial charge in [0.25, 0.3) is 0 Å². The standard InChI is InChI=1S/C17H23NOS/c1-13-10-15(14(2)20-13)11-18-17(3,12-19-4)16-8-6-5-7-9-16/h5-10,18H,11-12H2,1-4H3/t17-/m1/s1. The Hall–Kier alpha value is -1.16. The van der Waals surface area contributed by atoms with Crippen molar-refractivity contribution in [3.05, 3.63) is 57.3 Å². The van der Waals surface area contributed by atoms with Crippen LogP contribution in [0.4, 0.5) is 0 Å². The van der Waals surface area contributed by atoms with Gasteiger partial charge in [-0.15, -0.1) is 11.3 Å². The van der Waals surface area contributed by atoms with Gasteiger partial charge in [0.1, 0.15) is 0 Å². The monoisotopic (exact) mass is 289 g/mol. The molecule has 1 aromatic carbocycles. The van der Waals surface area contributed by atoms with Crippen molar-refractivity contribution in [1.29, 1.82) is 0 Å². The Kier molecular flexibility index (Phi) is 4.97. The number of hydrogen-bond donors (Lipinski definition) is 1. The molecule has 20 heavy (non-hydrogen) atoms. The lowest BCUT2D eigenvalue weighted by Crippen LogP contribution is -2.43. The number of nitrogens with one attached hydrogen (secondary N) is 1. The molecule has 0 saturated heterocycles. The summed E-state index contributed by atoms with van der Waals surface area (Å²) in [6.07, 6.45) is 0. The molecule has 0 aliphatic heterocycles. The first-order chi connectivity index (χ1) is 9.55. The maximum absolute atomic E-state index is 5.43. The number of hydrogen-bond acceptors (Lipinski definition) is 3. The molecule has 1 aromatic heterocycles. The minimum absolute atomic E-state index is 0.168. The van der Waals surface area contributed by atoms with Crippen LogP contribution < -0.4 is 5.32 Å².